The van der Waals surface area contributed by atoms with E-state index in [-0.39, 0.29) is 12.0 Å². The fourth-order valence-electron chi connectivity index (χ4n) is 4.83. The Hall–Kier alpha value is -2.32. The summed E-state index contributed by atoms with van der Waals surface area (Å²) in [6.07, 6.45) is 3.15. The fraction of sp³-hybridized carbons (Fsp3) is 0.615. The molecule has 1 aromatic heterocycles. The number of piperazine rings is 1. The third-order valence-corrected chi connectivity index (χ3v) is 7.45. The number of hydrogen-bond donors (Lipinski definition) is 1. The summed E-state index contributed by atoms with van der Waals surface area (Å²) in [4.78, 5) is 31.7. The molecule has 2 aromatic rings. The maximum atomic E-state index is 12.7. The molecule has 2 aliphatic rings. The second kappa shape index (κ2) is 11.0. The SMILES string of the molecule is CC(C)(C)OC(=O)N1CCC[C@@H]1C(=O)NCCCCN1CCN(c2cccc3sccc23)CC1. The Morgan fingerprint density at radius 2 is 1.88 bits per heavy atom. The number of unbranched alkanes of at least 4 members (excludes halogenated alkanes) is 1. The first kappa shape index (κ1) is 24.8. The van der Waals surface area contributed by atoms with Crippen LogP contribution in [0, 0.1) is 0 Å². The molecule has 2 aliphatic heterocycles. The van der Waals surface area contributed by atoms with Gasteiger partial charge < -0.3 is 15.0 Å². The van der Waals surface area contributed by atoms with E-state index >= 15 is 0 Å². The molecule has 2 fully saturated rings. The smallest absolute Gasteiger partial charge is 0.410 e. The van der Waals surface area contributed by atoms with Gasteiger partial charge in [-0.05, 0) is 76.6 Å². The van der Waals surface area contributed by atoms with Gasteiger partial charge in [0.05, 0.1) is 0 Å². The summed E-state index contributed by atoms with van der Waals surface area (Å²) < 4.78 is 6.82. The maximum Gasteiger partial charge on any atom is 0.410 e. The van der Waals surface area contributed by atoms with Gasteiger partial charge in [0.15, 0.2) is 0 Å². The molecule has 3 heterocycles. The predicted molar refractivity (Wildman–Crippen MR) is 139 cm³/mol. The molecule has 2 saturated heterocycles. The Kier molecular flexibility index (Phi) is 7.99. The molecule has 7 nitrogen and oxygen atoms in total. The van der Waals surface area contributed by atoms with Crippen LogP contribution in [0.1, 0.15) is 46.5 Å². The molecular weight excluding hydrogens is 448 g/mol. The number of nitrogens with zero attached hydrogens (tertiary/aromatic N) is 3. The number of carbonyl (C=O) groups is 2. The minimum absolute atomic E-state index is 0.0559. The summed E-state index contributed by atoms with van der Waals surface area (Å²) in [5, 5.41) is 6.58. The predicted octanol–water partition coefficient (Wildman–Crippen LogP) is 4.32. The van der Waals surface area contributed by atoms with E-state index in [1.54, 1.807) is 16.2 Å². The zero-order chi connectivity index (χ0) is 24.1. The second-order valence-electron chi connectivity index (χ2n) is 10.3. The summed E-state index contributed by atoms with van der Waals surface area (Å²) >= 11 is 1.80. The summed E-state index contributed by atoms with van der Waals surface area (Å²) in [5.41, 5.74) is 0.803. The Labute approximate surface area is 207 Å². The molecule has 0 radical (unpaired) electrons. The van der Waals surface area contributed by atoms with E-state index in [0.29, 0.717) is 19.5 Å². The Morgan fingerprint density at radius 3 is 2.65 bits per heavy atom. The van der Waals surface area contributed by atoms with Crippen LogP contribution in [0.4, 0.5) is 10.5 Å². The van der Waals surface area contributed by atoms with Crippen LogP contribution in [0.2, 0.25) is 0 Å². The van der Waals surface area contributed by atoms with Crippen molar-refractivity contribution in [2.75, 3.05) is 50.7 Å². The topological polar surface area (TPSA) is 65.1 Å². The van der Waals surface area contributed by atoms with Gasteiger partial charge in [0.25, 0.3) is 0 Å². The van der Waals surface area contributed by atoms with Crippen LogP contribution in [0.15, 0.2) is 29.6 Å². The van der Waals surface area contributed by atoms with Crippen molar-refractivity contribution in [1.29, 1.82) is 0 Å². The first-order valence-electron chi connectivity index (χ1n) is 12.5. The lowest BCUT2D eigenvalue weighted by Gasteiger charge is -2.36. The van der Waals surface area contributed by atoms with Crippen LogP contribution in [0.3, 0.4) is 0 Å². The maximum absolute atomic E-state index is 12.7. The molecule has 2 amide bonds. The standard InChI is InChI=1S/C26H38N4O3S/c1-26(2,3)33-25(32)30-14-7-9-22(30)24(31)27-12-4-5-13-28-15-17-29(18-16-28)21-8-6-10-23-20(21)11-19-34-23/h6,8,10-11,19,22H,4-5,7,9,12-18H2,1-3H3,(H,27,31)/t22-/m1/s1. The first-order chi connectivity index (χ1) is 16.3. The number of ether oxygens (including phenoxy) is 1. The number of rotatable bonds is 7. The van der Waals surface area contributed by atoms with Gasteiger partial charge in [0, 0.05) is 55.0 Å². The highest BCUT2D eigenvalue weighted by molar-refractivity contribution is 7.17. The van der Waals surface area contributed by atoms with Crippen molar-refractivity contribution in [3.05, 3.63) is 29.6 Å². The molecule has 8 heteroatoms. The highest BCUT2D eigenvalue weighted by Crippen LogP contribution is 2.31. The number of benzene rings is 1. The van der Waals surface area contributed by atoms with Crippen molar-refractivity contribution in [3.63, 3.8) is 0 Å². The zero-order valence-electron chi connectivity index (χ0n) is 20.7. The summed E-state index contributed by atoms with van der Waals surface area (Å²) in [6, 6.07) is 8.42. The van der Waals surface area contributed by atoms with Crippen LogP contribution in [-0.4, -0.2) is 79.3 Å². The number of fused-ring (bicyclic) bond motifs is 1. The average Bonchev–Trinajstić information content (AvgIpc) is 3.47. The zero-order valence-corrected chi connectivity index (χ0v) is 21.5. The quantitative estimate of drug-likeness (QED) is 0.591. The Bertz CT molecular complexity index is 978. The highest BCUT2D eigenvalue weighted by atomic mass is 32.1. The van der Waals surface area contributed by atoms with Crippen molar-refractivity contribution in [1.82, 2.24) is 15.1 Å². The molecule has 1 aromatic carbocycles. The van der Waals surface area contributed by atoms with E-state index in [4.69, 9.17) is 4.74 Å². The van der Waals surface area contributed by atoms with Crippen molar-refractivity contribution < 1.29 is 14.3 Å². The number of amides is 2. The second-order valence-corrected chi connectivity index (χ2v) is 11.2. The molecule has 0 bridgehead atoms. The molecule has 1 N–H and O–H groups in total. The van der Waals surface area contributed by atoms with Crippen LogP contribution >= 0.6 is 11.3 Å². The largest absolute Gasteiger partial charge is 0.444 e. The number of anilines is 1. The van der Waals surface area contributed by atoms with Gasteiger partial charge >= 0.3 is 6.09 Å². The molecule has 186 valence electrons. The number of nitrogens with one attached hydrogen (secondary N) is 1. The van der Waals surface area contributed by atoms with Gasteiger partial charge in [-0.1, -0.05) is 6.07 Å². The Morgan fingerprint density at radius 1 is 1.09 bits per heavy atom. The molecule has 0 unspecified atom stereocenters. The number of likely N-dealkylation sites (tertiary alicyclic amines) is 1. The van der Waals surface area contributed by atoms with E-state index < -0.39 is 11.6 Å². The van der Waals surface area contributed by atoms with E-state index in [1.165, 1.54) is 15.8 Å². The van der Waals surface area contributed by atoms with Crippen molar-refractivity contribution in [2.24, 2.45) is 0 Å². The van der Waals surface area contributed by atoms with Gasteiger partial charge in [0.1, 0.15) is 11.6 Å². The van der Waals surface area contributed by atoms with Crippen molar-refractivity contribution >= 4 is 39.1 Å². The van der Waals surface area contributed by atoms with Gasteiger partial charge in [-0.25, -0.2) is 4.79 Å². The minimum atomic E-state index is -0.552. The summed E-state index contributed by atoms with van der Waals surface area (Å²) in [7, 11) is 0. The summed E-state index contributed by atoms with van der Waals surface area (Å²) in [6.45, 7) is 12.1. The van der Waals surface area contributed by atoms with E-state index in [2.05, 4.69) is 44.8 Å². The van der Waals surface area contributed by atoms with Gasteiger partial charge in [0.2, 0.25) is 5.91 Å². The van der Waals surface area contributed by atoms with Gasteiger partial charge in [-0.3, -0.25) is 14.6 Å². The van der Waals surface area contributed by atoms with Crippen LogP contribution in [-0.2, 0) is 9.53 Å². The summed E-state index contributed by atoms with van der Waals surface area (Å²) in [5.74, 6) is -0.0559. The Balaban J connectivity index is 1.14. The first-order valence-corrected chi connectivity index (χ1v) is 13.4. The van der Waals surface area contributed by atoms with E-state index in [0.717, 1.165) is 52.0 Å². The highest BCUT2D eigenvalue weighted by Gasteiger charge is 2.36. The number of hydrogen-bond acceptors (Lipinski definition) is 6. The lowest BCUT2D eigenvalue weighted by Crippen LogP contribution is -2.48. The molecule has 34 heavy (non-hydrogen) atoms. The third kappa shape index (κ3) is 6.21. The van der Waals surface area contributed by atoms with Crippen molar-refractivity contribution in [2.45, 2.75) is 58.1 Å². The molecule has 0 aliphatic carbocycles. The van der Waals surface area contributed by atoms with Crippen LogP contribution in [0.5, 0.6) is 0 Å². The normalized spacial score (nSPS) is 19.6. The fourth-order valence-corrected chi connectivity index (χ4v) is 5.64. The van der Waals surface area contributed by atoms with E-state index in [1.807, 2.05) is 20.8 Å². The van der Waals surface area contributed by atoms with Gasteiger partial charge in [-0.2, -0.15) is 0 Å². The van der Waals surface area contributed by atoms with E-state index in [9.17, 15) is 9.59 Å². The molecule has 0 saturated carbocycles. The monoisotopic (exact) mass is 486 g/mol. The number of thiophene rings is 1. The van der Waals surface area contributed by atoms with Crippen LogP contribution in [0.25, 0.3) is 10.1 Å². The minimum Gasteiger partial charge on any atom is -0.444 e. The number of carbonyl (C=O) groups excluding carboxylic acids is 2. The molecule has 1 atom stereocenters. The molecular formula is C26H38N4O3S. The van der Waals surface area contributed by atoms with Crippen LogP contribution < -0.4 is 10.2 Å². The van der Waals surface area contributed by atoms with Crippen molar-refractivity contribution in [3.8, 4) is 0 Å². The lowest BCUT2D eigenvalue weighted by molar-refractivity contribution is -0.125. The molecule has 4 rings (SSSR count). The van der Waals surface area contributed by atoms with Gasteiger partial charge in [-0.15, -0.1) is 11.3 Å². The third-order valence-electron chi connectivity index (χ3n) is 6.57. The molecule has 0 spiro atoms. The lowest BCUT2D eigenvalue weighted by atomic mass is 10.1. The average molecular weight is 487 g/mol.